The molecule has 3 nitrogen and oxygen atoms in total. The minimum Gasteiger partial charge on any atom is -0.456 e. The quantitative estimate of drug-likeness (QED) is 0.114. The Balaban J connectivity index is 0.000000113. The molecule has 0 spiro atoms. The first kappa shape index (κ1) is 83.9. The van der Waals surface area contributed by atoms with Crippen LogP contribution in [0.4, 0.5) is 8.78 Å². The van der Waals surface area contributed by atoms with Crippen LogP contribution >= 0.6 is 0 Å². The third-order valence-corrected chi connectivity index (χ3v) is 27.9. The van der Waals surface area contributed by atoms with Crippen LogP contribution < -0.4 is 0 Å². The van der Waals surface area contributed by atoms with E-state index in [9.17, 15) is 8.78 Å². The van der Waals surface area contributed by atoms with Gasteiger partial charge in [0.05, 0.1) is 0 Å². The summed E-state index contributed by atoms with van der Waals surface area (Å²) in [6.45, 7) is 11.3. The average molecular weight is 1780 g/mol. The molecule has 5 heteroatoms. The number of hydrogen-bond acceptors (Lipinski definition) is 3. The fourth-order valence-electron chi connectivity index (χ4n) is 21.3. The van der Waals surface area contributed by atoms with Gasteiger partial charge in [-0.15, -0.1) is 0 Å². The summed E-state index contributed by atoms with van der Waals surface area (Å²) >= 11 is 0. The lowest BCUT2D eigenvalue weighted by Gasteiger charge is -2.20. The Bertz CT molecular complexity index is 9080. The van der Waals surface area contributed by atoms with E-state index in [1.165, 1.54) is 182 Å². The summed E-state index contributed by atoms with van der Waals surface area (Å²) in [6, 6.07) is 162. The Morgan fingerprint density at radius 2 is 0.478 bits per heavy atom. The average Bonchev–Trinajstić information content (AvgIpc) is 1.23. The molecule has 26 aromatic rings. The van der Waals surface area contributed by atoms with Gasteiger partial charge in [-0.1, -0.05) is 411 Å². The Labute approximate surface area is 799 Å². The van der Waals surface area contributed by atoms with Crippen molar-refractivity contribution in [1.29, 1.82) is 0 Å². The van der Waals surface area contributed by atoms with Gasteiger partial charge in [0, 0.05) is 38.4 Å². The largest absolute Gasteiger partial charge is 0.456 e. The molecule has 0 saturated carbocycles. The highest BCUT2D eigenvalue weighted by Crippen LogP contribution is 2.51. The molecule has 0 bridgehead atoms. The molecule has 0 unspecified atom stereocenters. The maximum Gasteiger partial charge on any atom is 0.136 e. The maximum absolute atomic E-state index is 13.8. The standard InChI is InChI=1S/C47H34O.C44H26F2O.C42H32O/c1-30(2)31-20-22-32(23-21-31)36-14-6-7-15-37(36)34-24-26-38-43-28-35(25-27-44(43)48-45(38)29-34)47-41-18-10-8-16-39(41)46(33-12-4-3-5-13-33)40-17-9-11-19-42(40)47;45-33-22-32(23-34(46)26-33)28-16-14-27(15-17-28)30-18-20-41-39(24-30)40-25-31(19-21-42(40)47-41)44-37-12-6-4-10-35(37)43(29-8-2-1-3-9-29)36-11-5-7-13-38(36)44;1-42(2,3)30-16-11-15-28(25-30)31-21-12-22-38-41(31)36-26-29(23-24-37(36)43-38)40-34-19-9-7-17-32(34)39(27-13-5-4-6-14-27)33-18-8-10-20-35(33)40/h3-30H,1-2H3;1-26H;4-26H,1-3H3. The Morgan fingerprint density at radius 1 is 0.181 bits per heavy atom. The van der Waals surface area contributed by atoms with Crippen molar-refractivity contribution in [1.82, 2.24) is 0 Å². The molecule has 0 saturated heterocycles. The van der Waals surface area contributed by atoms with Crippen LogP contribution in [-0.4, -0.2) is 0 Å². The van der Waals surface area contributed by atoms with Crippen molar-refractivity contribution in [3.05, 3.63) is 484 Å². The minimum absolute atomic E-state index is 0.0730. The summed E-state index contributed by atoms with van der Waals surface area (Å²) in [4.78, 5) is 0. The lowest BCUT2D eigenvalue weighted by molar-refractivity contribution is 0.584. The molecule has 138 heavy (non-hydrogen) atoms. The van der Waals surface area contributed by atoms with Crippen LogP contribution in [0.3, 0.4) is 0 Å². The van der Waals surface area contributed by atoms with Crippen molar-refractivity contribution in [2.24, 2.45) is 0 Å². The molecule has 0 aliphatic rings. The number of benzene rings is 23. The van der Waals surface area contributed by atoms with E-state index >= 15 is 0 Å². The van der Waals surface area contributed by atoms with E-state index in [0.29, 0.717) is 11.5 Å². The van der Waals surface area contributed by atoms with E-state index in [1.807, 2.05) is 36.4 Å². The molecule has 0 aliphatic carbocycles. The summed E-state index contributed by atoms with van der Waals surface area (Å²) < 4.78 is 47.0. The lowest BCUT2D eigenvalue weighted by Crippen LogP contribution is -2.10. The SMILES string of the molecule is CC(C)(C)c1cccc(-c2cccc3oc4ccc(-c5c6ccccc6c(-c6ccccc6)c6ccccc56)cc4c23)c1.CC(C)c1ccc(-c2ccccc2-c2ccc3c(c2)oc2ccc(-c4c5ccccc5c(-c5ccccc5)c5ccccc45)cc23)cc1.Fc1cc(F)cc(-c2ccc(-c3ccc4oc5ccc(-c6c7ccccc7c(-c7ccccc7)c7ccccc67)cc5c4c3)cc2)c1. The zero-order valence-electron chi connectivity index (χ0n) is 76.9. The van der Waals surface area contributed by atoms with Crippen molar-refractivity contribution >= 4 is 130 Å². The normalized spacial score (nSPS) is 11.8. The fourth-order valence-corrected chi connectivity index (χ4v) is 21.3. The van der Waals surface area contributed by atoms with Gasteiger partial charge in [-0.25, -0.2) is 8.78 Å². The van der Waals surface area contributed by atoms with E-state index in [1.54, 1.807) is 0 Å². The van der Waals surface area contributed by atoms with E-state index < -0.39 is 11.6 Å². The molecular weight excluding hydrogens is 1680 g/mol. The fraction of sp³-hybridized carbons (Fsp3) is 0.0526. The topological polar surface area (TPSA) is 39.4 Å². The molecule has 3 aromatic heterocycles. The highest BCUT2D eigenvalue weighted by Gasteiger charge is 2.26. The van der Waals surface area contributed by atoms with E-state index in [2.05, 4.69) is 441 Å². The first-order valence-corrected chi connectivity index (χ1v) is 47.4. The van der Waals surface area contributed by atoms with E-state index in [-0.39, 0.29) is 5.41 Å². The highest BCUT2D eigenvalue weighted by molar-refractivity contribution is 6.26. The van der Waals surface area contributed by atoms with Crippen LogP contribution in [0.15, 0.2) is 474 Å². The second-order valence-corrected chi connectivity index (χ2v) is 37.5. The summed E-state index contributed by atoms with van der Waals surface area (Å²) in [5.74, 6) is -0.667. The van der Waals surface area contributed by atoms with Gasteiger partial charge in [-0.3, -0.25) is 0 Å². The number of fused-ring (bicyclic) bond motifs is 15. The zero-order chi connectivity index (χ0) is 92.8. The monoisotopic (exact) mass is 1770 g/mol. The van der Waals surface area contributed by atoms with Gasteiger partial charge in [-0.2, -0.15) is 0 Å². The Hall–Kier alpha value is -17.1. The Morgan fingerprint density at radius 3 is 0.899 bits per heavy atom. The molecule has 0 aliphatic heterocycles. The molecule has 0 fully saturated rings. The smallest absolute Gasteiger partial charge is 0.136 e. The summed E-state index contributed by atoms with van der Waals surface area (Å²) in [6.07, 6.45) is 0. The predicted octanol–water partition coefficient (Wildman–Crippen LogP) is 38.7. The molecule has 23 aromatic carbocycles. The van der Waals surface area contributed by atoms with Crippen LogP contribution in [0.1, 0.15) is 51.7 Å². The van der Waals surface area contributed by atoms with Crippen LogP contribution in [0, 0.1) is 11.6 Å². The molecule has 3 heterocycles. The van der Waals surface area contributed by atoms with Gasteiger partial charge in [0.25, 0.3) is 0 Å². The molecule has 656 valence electrons. The van der Waals surface area contributed by atoms with Crippen molar-refractivity contribution in [2.45, 2.75) is 46.0 Å². The lowest BCUT2D eigenvalue weighted by atomic mass is 9.84. The van der Waals surface area contributed by atoms with Crippen molar-refractivity contribution in [3.8, 4) is 122 Å². The third-order valence-electron chi connectivity index (χ3n) is 27.9. The third kappa shape index (κ3) is 15.1. The zero-order valence-corrected chi connectivity index (χ0v) is 76.9. The summed E-state index contributed by atoms with van der Waals surface area (Å²) in [5.41, 5.74) is 33.3. The summed E-state index contributed by atoms with van der Waals surface area (Å²) in [5, 5.41) is 21.6. The summed E-state index contributed by atoms with van der Waals surface area (Å²) in [7, 11) is 0. The van der Waals surface area contributed by atoms with Crippen LogP contribution in [0.25, 0.3) is 253 Å². The van der Waals surface area contributed by atoms with Crippen LogP contribution in [-0.2, 0) is 5.41 Å². The van der Waals surface area contributed by atoms with Crippen molar-refractivity contribution < 1.29 is 22.0 Å². The first-order chi connectivity index (χ1) is 67.7. The van der Waals surface area contributed by atoms with Crippen LogP contribution in [0.2, 0.25) is 0 Å². The molecule has 0 radical (unpaired) electrons. The van der Waals surface area contributed by atoms with Crippen molar-refractivity contribution in [2.75, 3.05) is 0 Å². The molecule has 26 rings (SSSR count). The van der Waals surface area contributed by atoms with Gasteiger partial charge in [-0.05, 0) is 288 Å². The predicted molar refractivity (Wildman–Crippen MR) is 579 cm³/mol. The second kappa shape index (κ2) is 34.7. The number of furan rings is 3. The minimum atomic E-state index is -0.589. The van der Waals surface area contributed by atoms with Crippen molar-refractivity contribution in [3.63, 3.8) is 0 Å². The Kier molecular flexibility index (Phi) is 21.1. The highest BCUT2D eigenvalue weighted by atomic mass is 19.1. The molecule has 0 atom stereocenters. The van der Waals surface area contributed by atoms with Crippen LogP contribution in [0.5, 0.6) is 0 Å². The molecule has 0 N–H and O–H groups in total. The first-order valence-electron chi connectivity index (χ1n) is 47.4. The number of rotatable bonds is 12. The van der Waals surface area contributed by atoms with Gasteiger partial charge < -0.3 is 13.3 Å². The second-order valence-electron chi connectivity index (χ2n) is 37.5. The van der Waals surface area contributed by atoms with E-state index in [4.69, 9.17) is 13.3 Å². The van der Waals surface area contributed by atoms with E-state index in [0.717, 1.165) is 94.3 Å². The van der Waals surface area contributed by atoms with Gasteiger partial charge in [0.2, 0.25) is 0 Å². The van der Waals surface area contributed by atoms with Gasteiger partial charge in [0.1, 0.15) is 45.1 Å². The number of halogens is 2. The maximum atomic E-state index is 13.8. The van der Waals surface area contributed by atoms with Gasteiger partial charge in [0.15, 0.2) is 0 Å². The number of hydrogen-bond donors (Lipinski definition) is 0. The van der Waals surface area contributed by atoms with Gasteiger partial charge >= 0.3 is 0 Å². The molecular formula is C133H92F2O3. The molecule has 0 amide bonds.